The van der Waals surface area contributed by atoms with Crippen molar-refractivity contribution < 1.29 is 14.1 Å². The highest BCUT2D eigenvalue weighted by molar-refractivity contribution is 5.87. The average Bonchev–Trinajstić information content (AvgIpc) is 3.30. The predicted octanol–water partition coefficient (Wildman–Crippen LogP) is 2.23. The number of rotatable bonds is 4. The quantitative estimate of drug-likeness (QED) is 0.684. The van der Waals surface area contributed by atoms with E-state index in [0.29, 0.717) is 17.3 Å². The summed E-state index contributed by atoms with van der Waals surface area (Å²) in [4.78, 5) is 28.4. The number of nitrogens with zero attached hydrogens (tertiary/aromatic N) is 3. The van der Waals surface area contributed by atoms with Crippen LogP contribution in [-0.2, 0) is 11.3 Å². The molecule has 0 atom stereocenters. The lowest BCUT2D eigenvalue weighted by Crippen LogP contribution is -2.17. The van der Waals surface area contributed by atoms with Gasteiger partial charge in [-0.2, -0.15) is 0 Å². The van der Waals surface area contributed by atoms with Crippen molar-refractivity contribution in [3.8, 4) is 0 Å². The minimum Gasteiger partial charge on any atom is -0.454 e. The van der Waals surface area contributed by atoms with Crippen LogP contribution in [0.2, 0.25) is 0 Å². The van der Waals surface area contributed by atoms with E-state index in [1.807, 2.05) is 13.0 Å². The smallest absolute Gasteiger partial charge is 0.360 e. The fourth-order valence-corrected chi connectivity index (χ4v) is 2.49. The lowest BCUT2D eigenvalue weighted by molar-refractivity contribution is 0.0456. The molecule has 24 heavy (non-hydrogen) atoms. The van der Waals surface area contributed by atoms with Gasteiger partial charge in [-0.1, -0.05) is 11.2 Å². The van der Waals surface area contributed by atoms with E-state index in [4.69, 9.17) is 9.26 Å². The molecular formula is C17H15N3O4. The summed E-state index contributed by atoms with van der Waals surface area (Å²) >= 11 is 0. The van der Waals surface area contributed by atoms with Gasteiger partial charge >= 0.3 is 5.97 Å². The summed E-state index contributed by atoms with van der Waals surface area (Å²) in [6, 6.07) is 6.59. The van der Waals surface area contributed by atoms with E-state index >= 15 is 0 Å². The molecule has 0 N–H and O–H groups in total. The molecule has 0 radical (unpaired) electrons. The Kier molecular flexibility index (Phi) is 3.41. The number of hydrogen-bond donors (Lipinski definition) is 0. The summed E-state index contributed by atoms with van der Waals surface area (Å²) in [5, 5.41) is 3.73. The fraction of sp³-hybridized carbons (Fsp3) is 0.294. The van der Waals surface area contributed by atoms with Gasteiger partial charge in [-0.25, -0.2) is 9.78 Å². The van der Waals surface area contributed by atoms with E-state index in [1.165, 1.54) is 10.5 Å². The van der Waals surface area contributed by atoms with Crippen LogP contribution in [0.5, 0.6) is 0 Å². The maximum absolute atomic E-state index is 12.1. The van der Waals surface area contributed by atoms with Crippen molar-refractivity contribution in [2.45, 2.75) is 32.3 Å². The lowest BCUT2D eigenvalue weighted by atomic mass is 10.3. The molecular weight excluding hydrogens is 310 g/mol. The molecule has 0 aliphatic heterocycles. The van der Waals surface area contributed by atoms with Gasteiger partial charge in [0.15, 0.2) is 5.69 Å². The highest BCUT2D eigenvalue weighted by Gasteiger charge is 2.29. The van der Waals surface area contributed by atoms with E-state index in [-0.39, 0.29) is 17.9 Å². The van der Waals surface area contributed by atoms with E-state index in [9.17, 15) is 9.59 Å². The number of aromatic nitrogens is 3. The third kappa shape index (κ3) is 2.80. The van der Waals surface area contributed by atoms with E-state index in [1.54, 1.807) is 18.3 Å². The number of fused-ring (bicyclic) bond motifs is 1. The van der Waals surface area contributed by atoms with Crippen molar-refractivity contribution in [1.29, 1.82) is 0 Å². The van der Waals surface area contributed by atoms with Crippen LogP contribution in [0.4, 0.5) is 0 Å². The first-order chi connectivity index (χ1) is 11.6. The van der Waals surface area contributed by atoms with Crippen LogP contribution in [0.3, 0.4) is 0 Å². The average molecular weight is 325 g/mol. The highest BCUT2D eigenvalue weighted by atomic mass is 16.5. The summed E-state index contributed by atoms with van der Waals surface area (Å²) < 4.78 is 11.8. The largest absolute Gasteiger partial charge is 0.454 e. The monoisotopic (exact) mass is 325 g/mol. The summed E-state index contributed by atoms with van der Waals surface area (Å²) in [5.74, 6) is 0.514. The second-order valence-electron chi connectivity index (χ2n) is 5.99. The van der Waals surface area contributed by atoms with Crippen molar-refractivity contribution in [3.63, 3.8) is 0 Å². The lowest BCUT2D eigenvalue weighted by Gasteiger charge is -2.05. The minimum absolute atomic E-state index is 0.0932. The molecule has 0 aromatic carbocycles. The molecule has 0 unspecified atom stereocenters. The maximum Gasteiger partial charge on any atom is 0.360 e. The van der Waals surface area contributed by atoms with Gasteiger partial charge in [0.25, 0.3) is 5.56 Å². The zero-order valence-corrected chi connectivity index (χ0v) is 13.1. The molecule has 1 fully saturated rings. The molecule has 122 valence electrons. The molecule has 7 nitrogen and oxygen atoms in total. The normalized spacial score (nSPS) is 14.0. The number of hydrogen-bond acceptors (Lipinski definition) is 6. The van der Waals surface area contributed by atoms with Crippen LogP contribution in [0, 0.1) is 6.92 Å². The van der Waals surface area contributed by atoms with Gasteiger partial charge in [0.2, 0.25) is 0 Å². The molecule has 0 amide bonds. The van der Waals surface area contributed by atoms with Crippen LogP contribution in [0.15, 0.2) is 39.8 Å². The Bertz CT molecular complexity index is 985. The number of esters is 1. The molecule has 0 spiro atoms. The first-order valence-corrected chi connectivity index (χ1v) is 7.73. The Morgan fingerprint density at radius 3 is 3.00 bits per heavy atom. The van der Waals surface area contributed by atoms with Gasteiger partial charge < -0.3 is 9.26 Å². The van der Waals surface area contributed by atoms with Crippen molar-refractivity contribution >= 4 is 11.6 Å². The van der Waals surface area contributed by atoms with Crippen LogP contribution in [-0.4, -0.2) is 20.5 Å². The maximum atomic E-state index is 12.1. The topological polar surface area (TPSA) is 86.7 Å². The van der Waals surface area contributed by atoms with Gasteiger partial charge in [-0.05, 0) is 31.4 Å². The molecule has 7 heteroatoms. The van der Waals surface area contributed by atoms with Crippen LogP contribution in [0.25, 0.3) is 5.65 Å². The Labute approximate surface area is 136 Å². The number of aryl methyl sites for hydroxylation is 1. The summed E-state index contributed by atoms with van der Waals surface area (Å²) in [6.07, 6.45) is 3.84. The Morgan fingerprint density at radius 1 is 1.38 bits per heavy atom. The molecule has 1 aliphatic carbocycles. The Balaban J connectivity index is 1.50. The molecule has 3 aromatic heterocycles. The zero-order chi connectivity index (χ0) is 16.7. The van der Waals surface area contributed by atoms with Crippen molar-refractivity contribution in [2.75, 3.05) is 0 Å². The predicted molar refractivity (Wildman–Crippen MR) is 83.8 cm³/mol. The third-order valence-electron chi connectivity index (χ3n) is 3.93. The van der Waals surface area contributed by atoms with Gasteiger partial charge in [-0.3, -0.25) is 9.20 Å². The Morgan fingerprint density at radius 2 is 2.21 bits per heavy atom. The molecule has 1 saturated carbocycles. The van der Waals surface area contributed by atoms with E-state index in [0.717, 1.165) is 24.2 Å². The molecule has 3 aromatic rings. The van der Waals surface area contributed by atoms with Gasteiger partial charge in [-0.15, -0.1) is 0 Å². The molecule has 3 heterocycles. The first-order valence-electron chi connectivity index (χ1n) is 7.73. The van der Waals surface area contributed by atoms with Crippen molar-refractivity contribution in [2.24, 2.45) is 0 Å². The molecule has 0 bridgehead atoms. The van der Waals surface area contributed by atoms with Gasteiger partial charge in [0, 0.05) is 24.2 Å². The molecule has 0 saturated heterocycles. The van der Waals surface area contributed by atoms with Crippen LogP contribution in [0.1, 0.15) is 46.3 Å². The van der Waals surface area contributed by atoms with Crippen LogP contribution < -0.4 is 5.56 Å². The van der Waals surface area contributed by atoms with Gasteiger partial charge in [0.05, 0.1) is 5.69 Å². The summed E-state index contributed by atoms with van der Waals surface area (Å²) in [6.45, 7) is 1.81. The number of ether oxygens (including phenoxy) is 1. The van der Waals surface area contributed by atoms with Gasteiger partial charge in [0.1, 0.15) is 18.0 Å². The van der Waals surface area contributed by atoms with E-state index < -0.39 is 5.97 Å². The number of carbonyl (C=O) groups excluding carboxylic acids is 1. The molecule has 4 rings (SSSR count). The fourth-order valence-electron chi connectivity index (χ4n) is 2.49. The number of pyridine rings is 1. The third-order valence-corrected chi connectivity index (χ3v) is 3.93. The van der Waals surface area contributed by atoms with Crippen LogP contribution >= 0.6 is 0 Å². The highest BCUT2D eigenvalue weighted by Crippen LogP contribution is 2.40. The van der Waals surface area contributed by atoms with E-state index in [2.05, 4.69) is 10.1 Å². The minimum atomic E-state index is -0.587. The molecule has 1 aliphatic rings. The van der Waals surface area contributed by atoms with Crippen molar-refractivity contribution in [1.82, 2.24) is 14.5 Å². The second-order valence-corrected chi connectivity index (χ2v) is 5.99. The Hall–Kier alpha value is -2.96. The summed E-state index contributed by atoms with van der Waals surface area (Å²) in [7, 11) is 0. The summed E-state index contributed by atoms with van der Waals surface area (Å²) in [5.41, 5.74) is 1.79. The second kappa shape index (κ2) is 5.59. The standard InChI is InChI=1S/C17H15N3O4/c1-10-2-5-15-18-12(6-16(21)20(15)8-10)9-23-17(22)13-7-14(24-19-13)11-3-4-11/h2,5-8,11H,3-4,9H2,1H3. The SMILES string of the molecule is Cc1ccc2nc(COC(=O)c3cc(C4CC4)on3)cc(=O)n2c1. The number of carbonyl (C=O) groups is 1. The first kappa shape index (κ1) is 14.6. The zero-order valence-electron chi connectivity index (χ0n) is 13.1. The van der Waals surface area contributed by atoms with Crippen molar-refractivity contribution in [3.05, 3.63) is 63.5 Å².